The van der Waals surface area contributed by atoms with Gasteiger partial charge >= 0.3 is 6.18 Å². The Morgan fingerprint density at radius 2 is 1.83 bits per heavy atom. The van der Waals surface area contributed by atoms with E-state index in [4.69, 9.17) is 11.5 Å². The van der Waals surface area contributed by atoms with Crippen LogP contribution in [0.5, 0.6) is 0 Å². The normalized spacial score (nSPS) is 32.0. The molecule has 1 aliphatic heterocycles. The molecule has 1 aromatic rings. The largest absolute Gasteiger partial charge is 0.451 e. The van der Waals surface area contributed by atoms with Crippen LogP contribution in [-0.2, 0) is 6.18 Å². The molecule has 0 bridgehead atoms. The SMILES string of the molecule is NC1CCCCC1(N)C1CCCN(c2cnc(C(F)(F)F)nc2)C1. The molecule has 3 atom stereocenters. The maximum atomic E-state index is 12.6. The van der Waals surface area contributed by atoms with Crippen molar-refractivity contribution in [2.24, 2.45) is 17.4 Å². The molecule has 0 aromatic carbocycles. The lowest BCUT2D eigenvalue weighted by Crippen LogP contribution is -2.64. The Hall–Kier alpha value is -1.41. The van der Waals surface area contributed by atoms with Crippen molar-refractivity contribution in [2.75, 3.05) is 18.0 Å². The van der Waals surface area contributed by atoms with Crippen molar-refractivity contribution in [2.45, 2.75) is 56.3 Å². The molecular weight excluding hydrogens is 319 g/mol. The quantitative estimate of drug-likeness (QED) is 0.861. The van der Waals surface area contributed by atoms with Crippen molar-refractivity contribution < 1.29 is 13.2 Å². The van der Waals surface area contributed by atoms with Crippen LogP contribution in [0.4, 0.5) is 18.9 Å². The number of nitrogens with two attached hydrogens (primary N) is 2. The van der Waals surface area contributed by atoms with Crippen LogP contribution in [-0.4, -0.2) is 34.6 Å². The molecule has 3 unspecified atom stereocenters. The summed E-state index contributed by atoms with van der Waals surface area (Å²) < 4.78 is 37.8. The number of hydrogen-bond acceptors (Lipinski definition) is 5. The molecule has 24 heavy (non-hydrogen) atoms. The highest BCUT2D eigenvalue weighted by Crippen LogP contribution is 2.37. The maximum absolute atomic E-state index is 12.6. The van der Waals surface area contributed by atoms with E-state index in [1.165, 1.54) is 12.4 Å². The Labute approximate surface area is 139 Å². The fraction of sp³-hybridized carbons (Fsp3) is 0.750. The van der Waals surface area contributed by atoms with E-state index >= 15 is 0 Å². The molecule has 5 nitrogen and oxygen atoms in total. The average Bonchev–Trinajstić information content (AvgIpc) is 2.57. The van der Waals surface area contributed by atoms with Gasteiger partial charge in [-0.3, -0.25) is 0 Å². The van der Waals surface area contributed by atoms with Crippen molar-refractivity contribution in [3.63, 3.8) is 0 Å². The molecule has 3 rings (SSSR count). The predicted molar refractivity (Wildman–Crippen MR) is 85.3 cm³/mol. The molecule has 1 aliphatic carbocycles. The summed E-state index contributed by atoms with van der Waals surface area (Å²) in [6.45, 7) is 1.47. The van der Waals surface area contributed by atoms with Gasteiger partial charge in [-0.05, 0) is 31.6 Å². The number of piperidine rings is 1. The maximum Gasteiger partial charge on any atom is 0.451 e. The van der Waals surface area contributed by atoms with Crippen molar-refractivity contribution in [1.82, 2.24) is 9.97 Å². The third kappa shape index (κ3) is 3.35. The van der Waals surface area contributed by atoms with E-state index in [1.54, 1.807) is 0 Å². The molecule has 4 N–H and O–H groups in total. The van der Waals surface area contributed by atoms with Gasteiger partial charge in [-0.15, -0.1) is 0 Å². The van der Waals surface area contributed by atoms with Crippen molar-refractivity contribution in [1.29, 1.82) is 0 Å². The van der Waals surface area contributed by atoms with Crippen LogP contribution in [0.15, 0.2) is 12.4 Å². The zero-order valence-corrected chi connectivity index (χ0v) is 13.6. The first kappa shape index (κ1) is 17.4. The van der Waals surface area contributed by atoms with Gasteiger partial charge in [-0.25, -0.2) is 9.97 Å². The highest BCUT2D eigenvalue weighted by Gasteiger charge is 2.43. The minimum Gasteiger partial charge on any atom is -0.369 e. The first-order valence-electron chi connectivity index (χ1n) is 8.49. The number of halogens is 3. The first-order chi connectivity index (χ1) is 11.3. The molecule has 1 saturated carbocycles. The summed E-state index contributed by atoms with van der Waals surface area (Å²) in [5.74, 6) is -0.867. The van der Waals surface area contributed by atoms with Crippen LogP contribution in [0.2, 0.25) is 0 Å². The topological polar surface area (TPSA) is 81.1 Å². The first-order valence-corrected chi connectivity index (χ1v) is 8.49. The number of hydrogen-bond donors (Lipinski definition) is 2. The molecule has 134 valence electrons. The van der Waals surface area contributed by atoms with E-state index < -0.39 is 12.0 Å². The molecule has 0 radical (unpaired) electrons. The Bertz CT molecular complexity index is 562. The molecule has 2 aliphatic rings. The van der Waals surface area contributed by atoms with Crippen LogP contribution >= 0.6 is 0 Å². The van der Waals surface area contributed by atoms with E-state index in [9.17, 15) is 13.2 Å². The number of rotatable bonds is 2. The molecule has 2 fully saturated rings. The summed E-state index contributed by atoms with van der Waals surface area (Å²) in [4.78, 5) is 8.95. The third-order valence-electron chi connectivity index (χ3n) is 5.50. The van der Waals surface area contributed by atoms with E-state index in [0.717, 1.165) is 45.1 Å². The molecule has 0 amide bonds. The fourth-order valence-electron chi connectivity index (χ4n) is 4.04. The highest BCUT2D eigenvalue weighted by molar-refractivity contribution is 5.43. The Balaban J connectivity index is 1.73. The Morgan fingerprint density at radius 1 is 1.12 bits per heavy atom. The lowest BCUT2D eigenvalue weighted by atomic mass is 9.68. The summed E-state index contributed by atoms with van der Waals surface area (Å²) in [7, 11) is 0. The van der Waals surface area contributed by atoms with Crippen molar-refractivity contribution in [3.8, 4) is 0 Å². The predicted octanol–water partition coefficient (Wildman–Crippen LogP) is 2.31. The lowest BCUT2D eigenvalue weighted by molar-refractivity contribution is -0.144. The summed E-state index contributed by atoms with van der Waals surface area (Å²) in [5, 5.41) is 0. The van der Waals surface area contributed by atoms with Gasteiger partial charge in [0.05, 0.1) is 18.1 Å². The lowest BCUT2D eigenvalue weighted by Gasteiger charge is -2.49. The summed E-state index contributed by atoms with van der Waals surface area (Å²) in [6.07, 6.45) is 3.99. The Kier molecular flexibility index (Phi) is 4.70. The molecule has 0 spiro atoms. The Morgan fingerprint density at radius 3 is 2.46 bits per heavy atom. The van der Waals surface area contributed by atoms with Crippen LogP contribution in [0.1, 0.15) is 44.3 Å². The number of nitrogens with zero attached hydrogens (tertiary/aromatic N) is 3. The third-order valence-corrected chi connectivity index (χ3v) is 5.50. The number of aromatic nitrogens is 2. The minimum atomic E-state index is -4.51. The van der Waals surface area contributed by atoms with Gasteiger partial charge in [0.25, 0.3) is 0 Å². The molecular formula is C16H24F3N5. The zero-order chi connectivity index (χ0) is 17.4. The summed E-state index contributed by atoms with van der Waals surface area (Å²) >= 11 is 0. The van der Waals surface area contributed by atoms with Crippen molar-refractivity contribution >= 4 is 5.69 Å². The van der Waals surface area contributed by atoms with Crippen LogP contribution in [0.25, 0.3) is 0 Å². The average molecular weight is 343 g/mol. The summed E-state index contributed by atoms with van der Waals surface area (Å²) in [5.41, 5.74) is 13.2. The highest BCUT2D eigenvalue weighted by atomic mass is 19.4. The number of alkyl halides is 3. The zero-order valence-electron chi connectivity index (χ0n) is 13.6. The van der Waals surface area contributed by atoms with Gasteiger partial charge in [0.2, 0.25) is 5.82 Å². The molecule has 1 aromatic heterocycles. The van der Waals surface area contributed by atoms with Gasteiger partial charge < -0.3 is 16.4 Å². The van der Waals surface area contributed by atoms with Gasteiger partial charge in [0.1, 0.15) is 0 Å². The molecule has 2 heterocycles. The van der Waals surface area contributed by atoms with Gasteiger partial charge in [0.15, 0.2) is 0 Å². The van der Waals surface area contributed by atoms with Gasteiger partial charge in [-0.1, -0.05) is 12.8 Å². The van der Waals surface area contributed by atoms with Crippen LogP contribution < -0.4 is 16.4 Å². The van der Waals surface area contributed by atoms with E-state index in [1.807, 2.05) is 4.90 Å². The van der Waals surface area contributed by atoms with Gasteiger partial charge in [-0.2, -0.15) is 13.2 Å². The van der Waals surface area contributed by atoms with Crippen LogP contribution in [0.3, 0.4) is 0 Å². The van der Waals surface area contributed by atoms with E-state index in [2.05, 4.69) is 9.97 Å². The van der Waals surface area contributed by atoms with E-state index in [-0.39, 0.29) is 17.5 Å². The van der Waals surface area contributed by atoms with Gasteiger partial charge in [0, 0.05) is 24.7 Å². The smallest absolute Gasteiger partial charge is 0.369 e. The van der Waals surface area contributed by atoms with E-state index in [0.29, 0.717) is 12.2 Å². The van der Waals surface area contributed by atoms with Crippen molar-refractivity contribution in [3.05, 3.63) is 18.2 Å². The fourth-order valence-corrected chi connectivity index (χ4v) is 4.04. The second kappa shape index (κ2) is 6.48. The second-order valence-corrected chi connectivity index (χ2v) is 7.01. The standard InChI is InChI=1S/C16H24F3N5/c17-16(18,19)14-22-8-12(9-23-14)24-7-3-4-11(10-24)15(21)6-2-1-5-13(15)20/h8-9,11,13H,1-7,10,20-21H2. The monoisotopic (exact) mass is 343 g/mol. The molecule has 1 saturated heterocycles. The number of anilines is 1. The summed E-state index contributed by atoms with van der Waals surface area (Å²) in [6, 6.07) is -0.0138. The molecule has 8 heteroatoms. The minimum absolute atomic E-state index is 0.0138. The van der Waals surface area contributed by atoms with Crippen LogP contribution in [0, 0.1) is 5.92 Å². The second-order valence-electron chi connectivity index (χ2n) is 7.01.